The van der Waals surface area contributed by atoms with Crippen molar-refractivity contribution in [1.29, 1.82) is 0 Å². The molecule has 84 valence electrons. The first-order chi connectivity index (χ1) is 6.56. The number of carbonyl (C=O) groups excluding carboxylic acids is 1. The van der Waals surface area contributed by atoms with Gasteiger partial charge in [-0.3, -0.25) is 4.79 Å². The molecule has 0 heterocycles. The number of hydrogen-bond acceptors (Lipinski definition) is 3. The molecular weight excluding hydrogens is 178 g/mol. The van der Waals surface area contributed by atoms with Crippen molar-refractivity contribution in [2.45, 2.75) is 33.6 Å². The van der Waals surface area contributed by atoms with E-state index in [-0.39, 0.29) is 5.97 Å². The second-order valence-corrected chi connectivity index (χ2v) is 4.04. The van der Waals surface area contributed by atoms with Crippen molar-refractivity contribution in [3.8, 4) is 0 Å². The van der Waals surface area contributed by atoms with Gasteiger partial charge >= 0.3 is 5.97 Å². The SMILES string of the molecule is CCOC(=O)CCN(C)CCC(C)C. The molecule has 0 spiro atoms. The lowest BCUT2D eigenvalue weighted by Crippen LogP contribution is -2.24. The minimum absolute atomic E-state index is 0.0936. The maximum Gasteiger partial charge on any atom is 0.307 e. The molecule has 0 fully saturated rings. The number of rotatable bonds is 7. The molecule has 0 aliphatic heterocycles. The van der Waals surface area contributed by atoms with Crippen LogP contribution in [0.1, 0.15) is 33.6 Å². The van der Waals surface area contributed by atoms with E-state index in [0.29, 0.717) is 13.0 Å². The van der Waals surface area contributed by atoms with E-state index >= 15 is 0 Å². The van der Waals surface area contributed by atoms with E-state index in [9.17, 15) is 4.79 Å². The Hall–Kier alpha value is -0.570. The maximum absolute atomic E-state index is 11.0. The third-order valence-electron chi connectivity index (χ3n) is 2.09. The lowest BCUT2D eigenvalue weighted by Gasteiger charge is -2.16. The largest absolute Gasteiger partial charge is 0.466 e. The summed E-state index contributed by atoms with van der Waals surface area (Å²) < 4.78 is 4.85. The fourth-order valence-corrected chi connectivity index (χ4v) is 1.11. The van der Waals surface area contributed by atoms with Gasteiger partial charge in [0.15, 0.2) is 0 Å². The summed E-state index contributed by atoms with van der Waals surface area (Å²) in [6.07, 6.45) is 1.68. The van der Waals surface area contributed by atoms with Crippen LogP contribution in [-0.2, 0) is 9.53 Å². The van der Waals surface area contributed by atoms with Gasteiger partial charge in [0, 0.05) is 6.54 Å². The third kappa shape index (κ3) is 8.05. The molecule has 3 nitrogen and oxygen atoms in total. The van der Waals surface area contributed by atoms with E-state index in [0.717, 1.165) is 19.0 Å². The van der Waals surface area contributed by atoms with Crippen LogP contribution in [0, 0.1) is 5.92 Å². The zero-order valence-electron chi connectivity index (χ0n) is 9.88. The first-order valence-electron chi connectivity index (χ1n) is 5.40. The molecule has 0 atom stereocenters. The van der Waals surface area contributed by atoms with Crippen LogP contribution in [0.15, 0.2) is 0 Å². The Kier molecular flexibility index (Phi) is 7.48. The maximum atomic E-state index is 11.0. The van der Waals surface area contributed by atoms with Gasteiger partial charge in [-0.1, -0.05) is 13.8 Å². The van der Waals surface area contributed by atoms with E-state index in [1.165, 1.54) is 6.42 Å². The van der Waals surface area contributed by atoms with Gasteiger partial charge in [0.2, 0.25) is 0 Å². The van der Waals surface area contributed by atoms with Gasteiger partial charge in [0.05, 0.1) is 13.0 Å². The van der Waals surface area contributed by atoms with E-state index < -0.39 is 0 Å². The number of esters is 1. The first kappa shape index (κ1) is 13.4. The predicted octanol–water partition coefficient (Wildman–Crippen LogP) is 1.92. The molecule has 3 heteroatoms. The van der Waals surface area contributed by atoms with Crippen molar-refractivity contribution in [2.24, 2.45) is 5.92 Å². The minimum atomic E-state index is -0.0936. The number of ether oxygens (including phenoxy) is 1. The van der Waals surface area contributed by atoms with Gasteiger partial charge < -0.3 is 9.64 Å². The highest BCUT2D eigenvalue weighted by Gasteiger charge is 2.05. The third-order valence-corrected chi connectivity index (χ3v) is 2.09. The highest BCUT2D eigenvalue weighted by molar-refractivity contribution is 5.69. The second-order valence-electron chi connectivity index (χ2n) is 4.04. The van der Waals surface area contributed by atoms with E-state index in [1.54, 1.807) is 0 Å². The Balaban J connectivity index is 3.43. The number of hydrogen-bond donors (Lipinski definition) is 0. The summed E-state index contributed by atoms with van der Waals surface area (Å²) in [6, 6.07) is 0. The molecule has 0 unspecified atom stereocenters. The molecule has 0 N–H and O–H groups in total. The van der Waals surface area contributed by atoms with Gasteiger partial charge in [0.25, 0.3) is 0 Å². The first-order valence-corrected chi connectivity index (χ1v) is 5.40. The Morgan fingerprint density at radius 3 is 2.50 bits per heavy atom. The zero-order chi connectivity index (χ0) is 11.0. The Morgan fingerprint density at radius 1 is 1.36 bits per heavy atom. The average Bonchev–Trinajstić information content (AvgIpc) is 2.12. The topological polar surface area (TPSA) is 29.5 Å². The smallest absolute Gasteiger partial charge is 0.307 e. The van der Waals surface area contributed by atoms with Crippen LogP contribution in [0.5, 0.6) is 0 Å². The van der Waals surface area contributed by atoms with Gasteiger partial charge in [-0.05, 0) is 32.9 Å². The monoisotopic (exact) mass is 201 g/mol. The van der Waals surface area contributed by atoms with Gasteiger partial charge in [0.1, 0.15) is 0 Å². The molecule has 0 radical (unpaired) electrons. The molecule has 0 aromatic rings. The van der Waals surface area contributed by atoms with Crippen LogP contribution in [0.25, 0.3) is 0 Å². The van der Waals surface area contributed by atoms with Crippen molar-refractivity contribution in [3.05, 3.63) is 0 Å². The highest BCUT2D eigenvalue weighted by Crippen LogP contribution is 2.01. The molecule has 0 aromatic heterocycles. The average molecular weight is 201 g/mol. The molecule has 0 bridgehead atoms. The summed E-state index contributed by atoms with van der Waals surface area (Å²) in [7, 11) is 2.04. The fraction of sp³-hybridized carbons (Fsp3) is 0.909. The van der Waals surface area contributed by atoms with Crippen molar-refractivity contribution in [1.82, 2.24) is 4.90 Å². The lowest BCUT2D eigenvalue weighted by molar-refractivity contribution is -0.143. The number of carbonyl (C=O) groups is 1. The van der Waals surface area contributed by atoms with Gasteiger partial charge in [-0.2, -0.15) is 0 Å². The lowest BCUT2D eigenvalue weighted by atomic mass is 10.1. The quantitative estimate of drug-likeness (QED) is 0.589. The second kappa shape index (κ2) is 7.80. The van der Waals surface area contributed by atoms with Crippen molar-refractivity contribution < 1.29 is 9.53 Å². The summed E-state index contributed by atoms with van der Waals surface area (Å²) in [5.41, 5.74) is 0. The molecule has 0 saturated carbocycles. The Bertz CT molecular complexity index is 157. The summed E-state index contributed by atoms with van der Waals surface area (Å²) in [5.74, 6) is 0.629. The molecule has 0 saturated heterocycles. The van der Waals surface area contributed by atoms with Crippen LogP contribution >= 0.6 is 0 Å². The molecule has 0 amide bonds. The standard InChI is InChI=1S/C11H23NO2/c1-5-14-11(13)7-9-12(4)8-6-10(2)3/h10H,5-9H2,1-4H3. The molecule has 0 aromatic carbocycles. The van der Waals surface area contributed by atoms with Crippen molar-refractivity contribution in [3.63, 3.8) is 0 Å². The minimum Gasteiger partial charge on any atom is -0.466 e. The van der Waals surface area contributed by atoms with E-state index in [4.69, 9.17) is 4.74 Å². The Labute approximate surface area is 87.4 Å². The van der Waals surface area contributed by atoms with Crippen LogP contribution in [-0.4, -0.2) is 37.6 Å². The molecule has 0 aliphatic carbocycles. The van der Waals surface area contributed by atoms with Crippen LogP contribution in [0.3, 0.4) is 0 Å². The predicted molar refractivity (Wildman–Crippen MR) is 58.2 cm³/mol. The summed E-state index contributed by atoms with van der Waals surface area (Å²) in [6.45, 7) is 8.58. The van der Waals surface area contributed by atoms with Crippen LogP contribution in [0.4, 0.5) is 0 Å². The summed E-state index contributed by atoms with van der Waals surface area (Å²) in [5, 5.41) is 0. The highest BCUT2D eigenvalue weighted by atomic mass is 16.5. The zero-order valence-corrected chi connectivity index (χ0v) is 9.88. The molecular formula is C11H23NO2. The number of nitrogens with zero attached hydrogens (tertiary/aromatic N) is 1. The fourth-order valence-electron chi connectivity index (χ4n) is 1.11. The van der Waals surface area contributed by atoms with Gasteiger partial charge in [-0.15, -0.1) is 0 Å². The van der Waals surface area contributed by atoms with Gasteiger partial charge in [-0.25, -0.2) is 0 Å². The van der Waals surface area contributed by atoms with Crippen molar-refractivity contribution >= 4 is 5.97 Å². The van der Waals surface area contributed by atoms with Crippen LogP contribution in [0.2, 0.25) is 0 Å². The van der Waals surface area contributed by atoms with E-state index in [1.807, 2.05) is 14.0 Å². The normalized spacial score (nSPS) is 11.0. The van der Waals surface area contributed by atoms with Crippen LogP contribution < -0.4 is 0 Å². The molecule has 0 aliphatic rings. The molecule has 14 heavy (non-hydrogen) atoms. The van der Waals surface area contributed by atoms with E-state index in [2.05, 4.69) is 18.7 Å². The van der Waals surface area contributed by atoms with Crippen molar-refractivity contribution in [2.75, 3.05) is 26.7 Å². The summed E-state index contributed by atoms with van der Waals surface area (Å²) in [4.78, 5) is 13.2. The molecule has 0 rings (SSSR count). The Morgan fingerprint density at radius 2 is 2.00 bits per heavy atom. The summed E-state index contributed by atoms with van der Waals surface area (Å²) >= 11 is 0.